The van der Waals surface area contributed by atoms with Crippen LogP contribution in [0.5, 0.6) is 0 Å². The second-order valence-corrected chi connectivity index (χ2v) is 8.02. The van der Waals surface area contributed by atoms with Gasteiger partial charge in [0.2, 0.25) is 0 Å². The van der Waals surface area contributed by atoms with Gasteiger partial charge < -0.3 is 10.6 Å². The number of hydrogen-bond acceptors (Lipinski definition) is 4. The molecule has 1 atom stereocenters. The van der Waals surface area contributed by atoms with E-state index in [9.17, 15) is 4.79 Å². The van der Waals surface area contributed by atoms with E-state index >= 15 is 0 Å². The van der Waals surface area contributed by atoms with Gasteiger partial charge in [-0.1, -0.05) is 13.8 Å². The van der Waals surface area contributed by atoms with Crippen molar-refractivity contribution < 1.29 is 4.79 Å². The third kappa shape index (κ3) is 4.00. The molecule has 1 unspecified atom stereocenters. The number of rotatable bonds is 5. The van der Waals surface area contributed by atoms with Crippen molar-refractivity contribution in [1.29, 1.82) is 0 Å². The molecule has 25 heavy (non-hydrogen) atoms. The number of likely N-dealkylation sites (N-methyl/N-ethyl adjacent to an activating group) is 1. The van der Waals surface area contributed by atoms with Crippen molar-refractivity contribution in [2.24, 2.45) is 0 Å². The lowest BCUT2D eigenvalue weighted by atomic mass is 10.0. The maximum Gasteiger partial charge on any atom is 0.252 e. The van der Waals surface area contributed by atoms with Crippen molar-refractivity contribution >= 4 is 16.9 Å². The molecule has 6 nitrogen and oxygen atoms in total. The summed E-state index contributed by atoms with van der Waals surface area (Å²) in [6.07, 6.45) is 0. The van der Waals surface area contributed by atoms with Crippen molar-refractivity contribution in [1.82, 2.24) is 25.4 Å². The maximum atomic E-state index is 12.9. The predicted molar refractivity (Wildman–Crippen MR) is 102 cm³/mol. The van der Waals surface area contributed by atoms with Crippen LogP contribution in [0.15, 0.2) is 6.07 Å². The van der Waals surface area contributed by atoms with E-state index in [0.717, 1.165) is 22.4 Å². The minimum Gasteiger partial charge on any atom is -0.350 e. The molecule has 0 fully saturated rings. The van der Waals surface area contributed by atoms with Crippen LogP contribution in [0, 0.1) is 6.92 Å². The summed E-state index contributed by atoms with van der Waals surface area (Å²) in [4.78, 5) is 17.7. The molecule has 1 amide bonds. The SMILES string of the molecule is CNC(C)CNC(=O)c1cc(C(C)C)nc2c1c(C)nn2C(C)(C)C. The van der Waals surface area contributed by atoms with Gasteiger partial charge in [0.05, 0.1) is 22.2 Å². The lowest BCUT2D eigenvalue weighted by Crippen LogP contribution is -2.37. The van der Waals surface area contributed by atoms with Gasteiger partial charge >= 0.3 is 0 Å². The van der Waals surface area contributed by atoms with Gasteiger partial charge in [-0.25, -0.2) is 9.67 Å². The number of pyridine rings is 1. The average molecular weight is 345 g/mol. The van der Waals surface area contributed by atoms with E-state index < -0.39 is 0 Å². The zero-order chi connectivity index (χ0) is 18.9. The lowest BCUT2D eigenvalue weighted by molar-refractivity contribution is 0.0952. The van der Waals surface area contributed by atoms with Crippen LogP contribution in [0.4, 0.5) is 0 Å². The minimum atomic E-state index is -0.205. The maximum absolute atomic E-state index is 12.9. The van der Waals surface area contributed by atoms with Crippen LogP contribution < -0.4 is 10.6 Å². The highest BCUT2D eigenvalue weighted by atomic mass is 16.1. The normalized spacial score (nSPS) is 13.5. The first-order valence-electron chi connectivity index (χ1n) is 8.92. The fourth-order valence-corrected chi connectivity index (χ4v) is 2.69. The largest absolute Gasteiger partial charge is 0.350 e. The second kappa shape index (κ2) is 7.12. The molecule has 0 aromatic carbocycles. The van der Waals surface area contributed by atoms with E-state index in [4.69, 9.17) is 4.98 Å². The molecule has 2 heterocycles. The highest BCUT2D eigenvalue weighted by molar-refractivity contribution is 6.06. The first kappa shape index (κ1) is 19.4. The first-order chi connectivity index (χ1) is 11.6. The molecule has 2 aromatic rings. The molecule has 6 heteroatoms. The molecule has 2 rings (SSSR count). The zero-order valence-electron chi connectivity index (χ0n) is 16.7. The van der Waals surface area contributed by atoms with Gasteiger partial charge in [-0.2, -0.15) is 5.10 Å². The summed E-state index contributed by atoms with van der Waals surface area (Å²) in [5.74, 6) is 0.156. The Labute approximate surface area is 150 Å². The minimum absolute atomic E-state index is 0.0760. The summed E-state index contributed by atoms with van der Waals surface area (Å²) < 4.78 is 1.93. The Bertz CT molecular complexity index is 770. The fraction of sp³-hybridized carbons (Fsp3) is 0.632. The molecule has 0 aliphatic heterocycles. The molecule has 0 aliphatic rings. The molecule has 0 saturated carbocycles. The molecule has 0 aliphatic carbocycles. The fourth-order valence-electron chi connectivity index (χ4n) is 2.69. The van der Waals surface area contributed by atoms with E-state index in [1.807, 2.05) is 31.6 Å². The molecule has 138 valence electrons. The Morgan fingerprint density at radius 2 is 1.92 bits per heavy atom. The highest BCUT2D eigenvalue weighted by Gasteiger charge is 2.25. The number of aryl methyl sites for hydroxylation is 1. The summed E-state index contributed by atoms with van der Waals surface area (Å²) in [6, 6.07) is 2.12. The number of carbonyl (C=O) groups is 1. The summed E-state index contributed by atoms with van der Waals surface area (Å²) in [6.45, 7) is 15.0. The van der Waals surface area contributed by atoms with Crippen LogP contribution in [-0.4, -0.2) is 40.3 Å². The van der Waals surface area contributed by atoms with Crippen LogP contribution in [0.2, 0.25) is 0 Å². The van der Waals surface area contributed by atoms with Gasteiger partial charge in [-0.15, -0.1) is 0 Å². The number of carbonyl (C=O) groups excluding carboxylic acids is 1. The van der Waals surface area contributed by atoms with Gasteiger partial charge in [0, 0.05) is 18.3 Å². The lowest BCUT2D eigenvalue weighted by Gasteiger charge is -2.20. The molecule has 2 aromatic heterocycles. The monoisotopic (exact) mass is 345 g/mol. The first-order valence-corrected chi connectivity index (χ1v) is 8.92. The number of aromatic nitrogens is 3. The van der Waals surface area contributed by atoms with Crippen LogP contribution >= 0.6 is 0 Å². The molecular weight excluding hydrogens is 314 g/mol. The molecular formula is C19H31N5O. The summed E-state index contributed by atoms with van der Waals surface area (Å²) >= 11 is 0. The Hall–Kier alpha value is -1.95. The van der Waals surface area contributed by atoms with E-state index in [0.29, 0.717) is 12.1 Å². The van der Waals surface area contributed by atoms with Gasteiger partial charge in [-0.05, 0) is 53.7 Å². The molecule has 0 bridgehead atoms. The third-order valence-corrected chi connectivity index (χ3v) is 4.37. The van der Waals surface area contributed by atoms with Crippen molar-refractivity contribution in [3.8, 4) is 0 Å². The number of amides is 1. The molecule has 0 radical (unpaired) electrons. The van der Waals surface area contributed by atoms with Gasteiger partial charge in [0.25, 0.3) is 5.91 Å². The van der Waals surface area contributed by atoms with Crippen molar-refractivity contribution in [3.05, 3.63) is 23.0 Å². The number of nitrogens with one attached hydrogen (secondary N) is 2. The van der Waals surface area contributed by atoms with E-state index in [1.165, 1.54) is 0 Å². The zero-order valence-corrected chi connectivity index (χ0v) is 16.7. The Balaban J connectivity index is 2.62. The summed E-state index contributed by atoms with van der Waals surface area (Å²) in [5.41, 5.74) is 2.97. The summed E-state index contributed by atoms with van der Waals surface area (Å²) in [5, 5.41) is 11.7. The smallest absolute Gasteiger partial charge is 0.252 e. The average Bonchev–Trinajstić information content (AvgIpc) is 2.88. The van der Waals surface area contributed by atoms with Gasteiger partial charge in [-0.3, -0.25) is 4.79 Å². The third-order valence-electron chi connectivity index (χ3n) is 4.37. The van der Waals surface area contributed by atoms with Gasteiger partial charge in [0.1, 0.15) is 0 Å². The van der Waals surface area contributed by atoms with Crippen LogP contribution in [0.25, 0.3) is 11.0 Å². The standard InChI is InChI=1S/C19H31N5O/c1-11(2)15-9-14(18(25)21-10-12(3)20-8)16-13(4)23-24(17(16)22-15)19(5,6)7/h9,11-12,20H,10H2,1-8H3,(H,21,25). The topological polar surface area (TPSA) is 71.8 Å². The van der Waals surface area contributed by atoms with Crippen LogP contribution in [-0.2, 0) is 5.54 Å². The Kier molecular flexibility index (Phi) is 5.52. The Morgan fingerprint density at radius 3 is 2.44 bits per heavy atom. The second-order valence-electron chi connectivity index (χ2n) is 8.02. The van der Waals surface area contributed by atoms with Crippen LogP contribution in [0.1, 0.15) is 69.2 Å². The molecule has 0 saturated heterocycles. The molecule has 0 spiro atoms. The van der Waals surface area contributed by atoms with E-state index in [2.05, 4.69) is 50.4 Å². The van der Waals surface area contributed by atoms with E-state index in [1.54, 1.807) is 0 Å². The summed E-state index contributed by atoms with van der Waals surface area (Å²) in [7, 11) is 1.88. The molecule has 2 N–H and O–H groups in total. The van der Waals surface area contributed by atoms with Crippen LogP contribution in [0.3, 0.4) is 0 Å². The van der Waals surface area contributed by atoms with Crippen molar-refractivity contribution in [2.45, 2.75) is 66.0 Å². The number of hydrogen-bond donors (Lipinski definition) is 2. The predicted octanol–water partition coefficient (Wildman–Crippen LogP) is 2.96. The van der Waals surface area contributed by atoms with Crippen molar-refractivity contribution in [2.75, 3.05) is 13.6 Å². The number of fused-ring (bicyclic) bond motifs is 1. The van der Waals surface area contributed by atoms with Crippen molar-refractivity contribution in [3.63, 3.8) is 0 Å². The quantitative estimate of drug-likeness (QED) is 0.874. The van der Waals surface area contributed by atoms with Gasteiger partial charge in [0.15, 0.2) is 5.65 Å². The highest BCUT2D eigenvalue weighted by Crippen LogP contribution is 2.28. The number of nitrogens with zero attached hydrogens (tertiary/aromatic N) is 3. The Morgan fingerprint density at radius 1 is 1.28 bits per heavy atom. The van der Waals surface area contributed by atoms with E-state index in [-0.39, 0.29) is 23.4 Å².